The number of benzene rings is 1. The van der Waals surface area contributed by atoms with Gasteiger partial charge in [0.25, 0.3) is 0 Å². The Kier molecular flexibility index (Phi) is 4.16. The van der Waals surface area contributed by atoms with Crippen LogP contribution in [0.4, 0.5) is 0 Å². The van der Waals surface area contributed by atoms with Gasteiger partial charge >= 0.3 is 0 Å². The molecule has 1 heterocycles. The maximum Gasteiger partial charge on any atom is 0.0945 e. The summed E-state index contributed by atoms with van der Waals surface area (Å²) in [5.41, 5.74) is 4.43. The highest BCUT2D eigenvalue weighted by molar-refractivity contribution is 5.37. The number of unbranched alkanes of at least 4 members (excludes halogenated alkanes) is 1. The van der Waals surface area contributed by atoms with Crippen LogP contribution in [0.15, 0.2) is 36.9 Å². The van der Waals surface area contributed by atoms with E-state index < -0.39 is 0 Å². The average Bonchev–Trinajstić information content (AvgIpc) is 3.08. The van der Waals surface area contributed by atoms with Gasteiger partial charge in [0.2, 0.25) is 0 Å². The van der Waals surface area contributed by atoms with E-state index in [4.69, 9.17) is 0 Å². The van der Waals surface area contributed by atoms with Gasteiger partial charge in [0.1, 0.15) is 0 Å². The van der Waals surface area contributed by atoms with Crippen molar-refractivity contribution in [1.29, 1.82) is 0 Å². The molecule has 0 amide bonds. The minimum Gasteiger partial charge on any atom is -0.337 e. The van der Waals surface area contributed by atoms with Crippen molar-refractivity contribution < 1.29 is 0 Å². The molecule has 3 nitrogen and oxygen atoms in total. The molecule has 1 N–H and O–H groups in total. The molecular formula is C17H23N3. The minimum absolute atomic E-state index is 0.568. The Morgan fingerprint density at radius 2 is 2.30 bits per heavy atom. The first-order valence-electron chi connectivity index (χ1n) is 7.61. The van der Waals surface area contributed by atoms with E-state index in [9.17, 15) is 0 Å². The first-order valence-corrected chi connectivity index (χ1v) is 7.61. The molecule has 0 saturated heterocycles. The second kappa shape index (κ2) is 6.23. The molecule has 20 heavy (non-hydrogen) atoms. The molecule has 1 aliphatic rings. The lowest BCUT2D eigenvalue weighted by Crippen LogP contribution is -2.20. The molecule has 0 fully saturated rings. The number of rotatable bonds is 6. The molecule has 1 aliphatic carbocycles. The second-order valence-electron chi connectivity index (χ2n) is 5.76. The number of aromatic nitrogens is 2. The fourth-order valence-corrected chi connectivity index (χ4v) is 3.05. The Morgan fingerprint density at radius 3 is 3.15 bits per heavy atom. The number of hydrogen-bond acceptors (Lipinski definition) is 2. The van der Waals surface area contributed by atoms with E-state index in [0.29, 0.717) is 6.04 Å². The number of nitrogens with one attached hydrogen (secondary N) is 1. The van der Waals surface area contributed by atoms with Gasteiger partial charge < -0.3 is 9.88 Å². The van der Waals surface area contributed by atoms with Crippen molar-refractivity contribution in [3.63, 3.8) is 0 Å². The van der Waals surface area contributed by atoms with Crippen LogP contribution in [0, 0.1) is 6.92 Å². The molecule has 3 rings (SSSR count). The SMILES string of the molecule is Cc1ccc2c(c1)C(NCCCCn1ccnc1)CC2. The molecule has 0 saturated carbocycles. The van der Waals surface area contributed by atoms with E-state index in [0.717, 1.165) is 13.1 Å². The fourth-order valence-electron chi connectivity index (χ4n) is 3.05. The summed E-state index contributed by atoms with van der Waals surface area (Å²) < 4.78 is 2.15. The van der Waals surface area contributed by atoms with Crippen molar-refractivity contribution in [1.82, 2.24) is 14.9 Å². The maximum atomic E-state index is 4.06. The number of nitrogens with zero attached hydrogens (tertiary/aromatic N) is 2. The van der Waals surface area contributed by atoms with Crippen LogP contribution in [0.5, 0.6) is 0 Å². The number of imidazole rings is 1. The van der Waals surface area contributed by atoms with Gasteiger partial charge in [0.15, 0.2) is 0 Å². The Hall–Kier alpha value is -1.61. The molecule has 1 aromatic heterocycles. The van der Waals surface area contributed by atoms with Crippen LogP contribution in [-0.4, -0.2) is 16.1 Å². The van der Waals surface area contributed by atoms with Gasteiger partial charge in [-0.15, -0.1) is 0 Å². The van der Waals surface area contributed by atoms with Crippen molar-refractivity contribution in [3.8, 4) is 0 Å². The molecular weight excluding hydrogens is 246 g/mol. The van der Waals surface area contributed by atoms with E-state index in [1.165, 1.54) is 42.4 Å². The van der Waals surface area contributed by atoms with Crippen LogP contribution in [0.1, 0.15) is 42.0 Å². The summed E-state index contributed by atoms with van der Waals surface area (Å²) in [6, 6.07) is 7.45. The number of hydrogen-bond donors (Lipinski definition) is 1. The van der Waals surface area contributed by atoms with Gasteiger partial charge in [0, 0.05) is 25.0 Å². The highest BCUT2D eigenvalue weighted by atomic mass is 15.0. The monoisotopic (exact) mass is 269 g/mol. The first kappa shape index (κ1) is 13.4. The molecule has 0 aliphatic heterocycles. The zero-order valence-corrected chi connectivity index (χ0v) is 12.2. The predicted octanol–water partition coefficient (Wildman–Crippen LogP) is 3.25. The van der Waals surface area contributed by atoms with Gasteiger partial charge in [-0.2, -0.15) is 0 Å². The number of fused-ring (bicyclic) bond motifs is 1. The summed E-state index contributed by atoms with van der Waals surface area (Å²) in [6.07, 6.45) is 10.7. The fraction of sp³-hybridized carbons (Fsp3) is 0.471. The summed E-state index contributed by atoms with van der Waals surface area (Å²) in [5.74, 6) is 0. The predicted molar refractivity (Wildman–Crippen MR) is 81.7 cm³/mol. The van der Waals surface area contributed by atoms with Crippen LogP contribution in [0.3, 0.4) is 0 Å². The molecule has 106 valence electrons. The molecule has 1 atom stereocenters. The quantitative estimate of drug-likeness (QED) is 0.816. The van der Waals surface area contributed by atoms with Crippen LogP contribution >= 0.6 is 0 Å². The highest BCUT2D eigenvalue weighted by Crippen LogP contribution is 2.31. The maximum absolute atomic E-state index is 4.06. The van der Waals surface area contributed by atoms with Crippen LogP contribution in [0.2, 0.25) is 0 Å². The standard InChI is InChI=1S/C17H23N3/c1-14-4-5-15-6-7-17(16(15)12-14)19-8-2-3-10-20-11-9-18-13-20/h4-5,9,11-13,17,19H,2-3,6-8,10H2,1H3. The third kappa shape index (κ3) is 3.10. The summed E-state index contributed by atoms with van der Waals surface area (Å²) in [7, 11) is 0. The Morgan fingerprint density at radius 1 is 1.35 bits per heavy atom. The zero-order chi connectivity index (χ0) is 13.8. The Bertz CT molecular complexity index is 545. The largest absolute Gasteiger partial charge is 0.337 e. The van der Waals surface area contributed by atoms with Gasteiger partial charge in [-0.1, -0.05) is 23.8 Å². The molecule has 1 unspecified atom stereocenters. The van der Waals surface area contributed by atoms with Crippen LogP contribution in [0.25, 0.3) is 0 Å². The third-order valence-electron chi connectivity index (χ3n) is 4.17. The minimum atomic E-state index is 0.568. The van der Waals surface area contributed by atoms with Crippen molar-refractivity contribution in [2.45, 2.75) is 45.2 Å². The molecule has 1 aromatic carbocycles. The van der Waals surface area contributed by atoms with Crippen molar-refractivity contribution in [3.05, 3.63) is 53.6 Å². The lowest BCUT2D eigenvalue weighted by molar-refractivity contribution is 0.498. The lowest BCUT2D eigenvalue weighted by atomic mass is 10.0. The molecule has 0 bridgehead atoms. The van der Waals surface area contributed by atoms with E-state index in [1.807, 2.05) is 18.7 Å². The van der Waals surface area contributed by atoms with E-state index >= 15 is 0 Å². The Labute approximate surface area is 121 Å². The molecule has 2 aromatic rings. The first-order chi connectivity index (χ1) is 9.83. The molecule has 0 radical (unpaired) electrons. The normalized spacial score (nSPS) is 17.4. The molecule has 3 heteroatoms. The third-order valence-corrected chi connectivity index (χ3v) is 4.17. The van der Waals surface area contributed by atoms with E-state index in [1.54, 1.807) is 0 Å². The van der Waals surface area contributed by atoms with Gasteiger partial charge in [-0.25, -0.2) is 4.98 Å². The van der Waals surface area contributed by atoms with Gasteiger partial charge in [-0.05, 0) is 50.3 Å². The second-order valence-corrected chi connectivity index (χ2v) is 5.76. The van der Waals surface area contributed by atoms with Crippen molar-refractivity contribution in [2.75, 3.05) is 6.54 Å². The van der Waals surface area contributed by atoms with Crippen LogP contribution < -0.4 is 5.32 Å². The van der Waals surface area contributed by atoms with Gasteiger partial charge in [-0.3, -0.25) is 0 Å². The van der Waals surface area contributed by atoms with Crippen molar-refractivity contribution >= 4 is 0 Å². The summed E-state index contributed by atoms with van der Waals surface area (Å²) in [5, 5.41) is 3.72. The van der Waals surface area contributed by atoms with Gasteiger partial charge in [0.05, 0.1) is 6.33 Å². The number of aryl methyl sites for hydroxylation is 3. The Balaban J connectivity index is 1.43. The lowest BCUT2D eigenvalue weighted by Gasteiger charge is -2.14. The van der Waals surface area contributed by atoms with E-state index in [-0.39, 0.29) is 0 Å². The topological polar surface area (TPSA) is 29.9 Å². The highest BCUT2D eigenvalue weighted by Gasteiger charge is 2.21. The van der Waals surface area contributed by atoms with E-state index in [2.05, 4.69) is 40.0 Å². The smallest absolute Gasteiger partial charge is 0.0945 e. The van der Waals surface area contributed by atoms with Crippen LogP contribution in [-0.2, 0) is 13.0 Å². The van der Waals surface area contributed by atoms with Crippen molar-refractivity contribution in [2.24, 2.45) is 0 Å². The summed E-state index contributed by atoms with van der Waals surface area (Å²) >= 11 is 0. The summed E-state index contributed by atoms with van der Waals surface area (Å²) in [6.45, 7) is 4.36. The zero-order valence-electron chi connectivity index (χ0n) is 12.2. The summed E-state index contributed by atoms with van der Waals surface area (Å²) in [4.78, 5) is 4.06. The average molecular weight is 269 g/mol. The molecule has 0 spiro atoms.